The van der Waals surface area contributed by atoms with Crippen molar-refractivity contribution < 1.29 is 19.1 Å². The molecule has 0 aliphatic carbocycles. The highest BCUT2D eigenvalue weighted by Gasteiger charge is 2.35. The van der Waals surface area contributed by atoms with Gasteiger partial charge in [0.05, 0.1) is 41.3 Å². The molecule has 2 aromatic rings. The number of hydrogen-bond acceptors (Lipinski definition) is 6. The van der Waals surface area contributed by atoms with Crippen LogP contribution in [-0.2, 0) is 11.3 Å². The third-order valence-corrected chi connectivity index (χ3v) is 5.45. The average molecular weight is 443 g/mol. The highest BCUT2D eigenvalue weighted by Crippen LogP contribution is 2.39. The Kier molecular flexibility index (Phi) is 7.03. The van der Waals surface area contributed by atoms with Crippen molar-refractivity contribution in [2.45, 2.75) is 20.4 Å². The quantitative estimate of drug-likeness (QED) is 0.545. The number of carbonyl (C=O) groups excluding carboxylic acids is 2. The first-order valence-corrected chi connectivity index (χ1v) is 10.5. The van der Waals surface area contributed by atoms with E-state index in [1.54, 1.807) is 42.5 Å². The molecule has 0 N–H and O–H groups in total. The summed E-state index contributed by atoms with van der Waals surface area (Å²) in [5.74, 6) is 0.500. The van der Waals surface area contributed by atoms with Gasteiger partial charge in [0, 0.05) is 0 Å². The summed E-state index contributed by atoms with van der Waals surface area (Å²) in [5.41, 5.74) is 1.67. The SMILES string of the molecule is CCOc1cc(/C=C2/SC(=O)N(Cc3ccccc3C#N)C2=O)cc(Cl)c1OCC. The van der Waals surface area contributed by atoms with E-state index in [4.69, 9.17) is 21.1 Å². The van der Waals surface area contributed by atoms with Gasteiger partial charge in [0.15, 0.2) is 11.5 Å². The van der Waals surface area contributed by atoms with E-state index in [0.29, 0.717) is 46.4 Å². The van der Waals surface area contributed by atoms with Gasteiger partial charge in [0.1, 0.15) is 0 Å². The first-order valence-electron chi connectivity index (χ1n) is 9.31. The molecule has 1 aliphatic heterocycles. The lowest BCUT2D eigenvalue weighted by atomic mass is 10.1. The standard InChI is InChI=1S/C22H19ClN2O4S/c1-3-28-18-10-14(9-17(23)20(18)29-4-2)11-19-21(26)25(22(27)30-19)13-16-8-6-5-7-15(16)12-24/h5-11H,3-4,13H2,1-2H3/b19-11+. The lowest BCUT2D eigenvalue weighted by molar-refractivity contribution is -0.123. The molecule has 1 saturated heterocycles. The molecule has 154 valence electrons. The van der Waals surface area contributed by atoms with E-state index in [1.165, 1.54) is 0 Å². The molecule has 2 amide bonds. The molecule has 1 heterocycles. The molecule has 0 spiro atoms. The van der Waals surface area contributed by atoms with E-state index in [1.807, 2.05) is 13.8 Å². The number of nitrogens with zero attached hydrogens (tertiary/aromatic N) is 2. The van der Waals surface area contributed by atoms with Gasteiger partial charge >= 0.3 is 0 Å². The lowest BCUT2D eigenvalue weighted by Crippen LogP contribution is -2.27. The number of rotatable bonds is 7. The number of amides is 2. The summed E-state index contributed by atoms with van der Waals surface area (Å²) < 4.78 is 11.2. The molecule has 30 heavy (non-hydrogen) atoms. The normalized spacial score (nSPS) is 14.9. The zero-order valence-electron chi connectivity index (χ0n) is 16.5. The van der Waals surface area contributed by atoms with Crippen LogP contribution in [0.3, 0.4) is 0 Å². The van der Waals surface area contributed by atoms with E-state index in [9.17, 15) is 14.9 Å². The Morgan fingerprint density at radius 2 is 1.90 bits per heavy atom. The average Bonchev–Trinajstić information content (AvgIpc) is 2.98. The number of hydrogen-bond donors (Lipinski definition) is 0. The Morgan fingerprint density at radius 1 is 1.17 bits per heavy atom. The van der Waals surface area contributed by atoms with Gasteiger partial charge in [0.2, 0.25) is 0 Å². The zero-order valence-corrected chi connectivity index (χ0v) is 18.0. The Bertz CT molecular complexity index is 1060. The van der Waals surface area contributed by atoms with Crippen molar-refractivity contribution in [3.05, 3.63) is 63.0 Å². The molecular weight excluding hydrogens is 424 g/mol. The molecule has 0 unspecified atom stereocenters. The highest BCUT2D eigenvalue weighted by molar-refractivity contribution is 8.18. The molecule has 1 fully saturated rings. The van der Waals surface area contributed by atoms with Crippen molar-refractivity contribution in [1.82, 2.24) is 4.90 Å². The largest absolute Gasteiger partial charge is 0.490 e. The molecule has 0 saturated carbocycles. The van der Waals surface area contributed by atoms with Crippen LogP contribution in [0.4, 0.5) is 4.79 Å². The van der Waals surface area contributed by atoms with Crippen LogP contribution in [-0.4, -0.2) is 29.3 Å². The van der Waals surface area contributed by atoms with E-state index in [-0.39, 0.29) is 16.7 Å². The summed E-state index contributed by atoms with van der Waals surface area (Å²) in [5, 5.41) is 9.21. The molecule has 1 aliphatic rings. The van der Waals surface area contributed by atoms with Gasteiger partial charge in [-0.3, -0.25) is 14.5 Å². The van der Waals surface area contributed by atoms with Crippen molar-refractivity contribution >= 4 is 40.6 Å². The van der Waals surface area contributed by atoms with Crippen LogP contribution in [0.1, 0.15) is 30.5 Å². The maximum absolute atomic E-state index is 12.8. The van der Waals surface area contributed by atoms with Gasteiger partial charge in [-0.25, -0.2) is 0 Å². The molecule has 8 heteroatoms. The first-order chi connectivity index (χ1) is 14.5. The lowest BCUT2D eigenvalue weighted by Gasteiger charge is -2.14. The number of benzene rings is 2. The van der Waals surface area contributed by atoms with Gasteiger partial charge in [-0.2, -0.15) is 5.26 Å². The van der Waals surface area contributed by atoms with E-state index in [0.717, 1.165) is 16.7 Å². The minimum absolute atomic E-state index is 0.0416. The second-order valence-electron chi connectivity index (χ2n) is 6.23. The van der Waals surface area contributed by atoms with Crippen LogP contribution in [0, 0.1) is 11.3 Å². The van der Waals surface area contributed by atoms with Gasteiger partial charge in [-0.1, -0.05) is 29.8 Å². The molecule has 0 radical (unpaired) electrons. The summed E-state index contributed by atoms with van der Waals surface area (Å²) in [6.07, 6.45) is 1.60. The summed E-state index contributed by atoms with van der Waals surface area (Å²) in [7, 11) is 0. The first kappa shape index (κ1) is 21.8. The topological polar surface area (TPSA) is 79.6 Å². The van der Waals surface area contributed by atoms with E-state index in [2.05, 4.69) is 6.07 Å². The molecule has 3 rings (SSSR count). The highest BCUT2D eigenvalue weighted by atomic mass is 35.5. The number of ether oxygens (including phenoxy) is 2. The van der Waals surface area contributed by atoms with Crippen LogP contribution in [0.15, 0.2) is 41.3 Å². The van der Waals surface area contributed by atoms with Gasteiger partial charge in [0.25, 0.3) is 11.1 Å². The number of nitriles is 1. The van der Waals surface area contributed by atoms with Crippen molar-refractivity contribution in [1.29, 1.82) is 5.26 Å². The number of halogens is 1. The second kappa shape index (κ2) is 9.70. The predicted molar refractivity (Wildman–Crippen MR) is 116 cm³/mol. The fourth-order valence-electron chi connectivity index (χ4n) is 2.94. The molecule has 0 aromatic heterocycles. The minimum Gasteiger partial charge on any atom is -0.490 e. The molecule has 0 atom stereocenters. The summed E-state index contributed by atoms with van der Waals surface area (Å²) in [6.45, 7) is 4.60. The molecular formula is C22H19ClN2O4S. The van der Waals surface area contributed by atoms with Crippen molar-refractivity contribution in [2.75, 3.05) is 13.2 Å². The van der Waals surface area contributed by atoms with E-state index >= 15 is 0 Å². The molecule has 2 aromatic carbocycles. The Hall–Kier alpha value is -2.95. The number of thioether (sulfide) groups is 1. The van der Waals surface area contributed by atoms with Crippen LogP contribution in [0.2, 0.25) is 5.02 Å². The number of carbonyl (C=O) groups is 2. The minimum atomic E-state index is -0.416. The summed E-state index contributed by atoms with van der Waals surface area (Å²) in [6, 6.07) is 12.3. The third-order valence-electron chi connectivity index (χ3n) is 4.26. The zero-order chi connectivity index (χ0) is 21.7. The fraction of sp³-hybridized carbons (Fsp3) is 0.227. The Balaban J connectivity index is 1.89. The maximum atomic E-state index is 12.8. The van der Waals surface area contributed by atoms with Crippen molar-refractivity contribution in [3.63, 3.8) is 0 Å². The van der Waals surface area contributed by atoms with Crippen LogP contribution in [0.25, 0.3) is 6.08 Å². The van der Waals surface area contributed by atoms with Crippen LogP contribution in [0.5, 0.6) is 11.5 Å². The summed E-state index contributed by atoms with van der Waals surface area (Å²) >= 11 is 7.18. The maximum Gasteiger partial charge on any atom is 0.293 e. The van der Waals surface area contributed by atoms with Gasteiger partial charge < -0.3 is 9.47 Å². The van der Waals surface area contributed by atoms with Crippen LogP contribution >= 0.6 is 23.4 Å². The molecule has 0 bridgehead atoms. The van der Waals surface area contributed by atoms with Gasteiger partial charge in [-0.05, 0) is 61.0 Å². The van der Waals surface area contributed by atoms with Gasteiger partial charge in [-0.15, -0.1) is 0 Å². The second-order valence-corrected chi connectivity index (χ2v) is 7.63. The monoisotopic (exact) mass is 442 g/mol. The third kappa shape index (κ3) is 4.61. The summed E-state index contributed by atoms with van der Waals surface area (Å²) in [4.78, 5) is 26.7. The predicted octanol–water partition coefficient (Wildman–Crippen LogP) is 5.25. The fourth-order valence-corrected chi connectivity index (χ4v) is 4.06. The number of imide groups is 1. The van der Waals surface area contributed by atoms with Crippen LogP contribution < -0.4 is 9.47 Å². The van der Waals surface area contributed by atoms with Crippen molar-refractivity contribution in [2.24, 2.45) is 0 Å². The molecule has 6 nitrogen and oxygen atoms in total. The Morgan fingerprint density at radius 3 is 2.60 bits per heavy atom. The van der Waals surface area contributed by atoms with Crippen molar-refractivity contribution in [3.8, 4) is 17.6 Å². The Labute approximate surface area is 184 Å². The smallest absolute Gasteiger partial charge is 0.293 e. The van der Waals surface area contributed by atoms with E-state index < -0.39 is 5.91 Å².